The van der Waals surface area contributed by atoms with Gasteiger partial charge in [-0.25, -0.2) is 8.78 Å². The fraction of sp³-hybridized carbons (Fsp3) is 0. The lowest BCUT2D eigenvalue weighted by Gasteiger charge is -2.06. The third-order valence-corrected chi connectivity index (χ3v) is 2.56. The average Bonchev–Trinajstić information content (AvgIpc) is 2.43. The van der Waals surface area contributed by atoms with E-state index >= 15 is 0 Å². The van der Waals surface area contributed by atoms with Crippen molar-refractivity contribution in [1.82, 2.24) is 0 Å². The molecule has 1 N–H and O–H groups in total. The van der Waals surface area contributed by atoms with E-state index in [0.29, 0.717) is 5.69 Å². The minimum absolute atomic E-state index is 0.146. The van der Waals surface area contributed by atoms with Crippen LogP contribution >= 0.6 is 12.2 Å². The van der Waals surface area contributed by atoms with E-state index in [2.05, 4.69) is 22.5 Å². The monoisotopic (exact) mass is 290 g/mol. The number of halogens is 2. The van der Waals surface area contributed by atoms with E-state index in [4.69, 9.17) is 0 Å². The number of thiocarbonyl (C=S) groups is 1. The molecule has 0 fully saturated rings. The van der Waals surface area contributed by atoms with Crippen LogP contribution in [0.2, 0.25) is 0 Å². The SMILES string of the molecule is O=C(Nc1ccccc1)c1cc(F)c(N=C=S)c(F)c1. The summed E-state index contributed by atoms with van der Waals surface area (Å²) in [7, 11) is 0. The molecule has 0 spiro atoms. The zero-order valence-electron chi connectivity index (χ0n) is 10.1. The summed E-state index contributed by atoms with van der Waals surface area (Å²) in [5, 5.41) is 4.41. The number of hydrogen-bond acceptors (Lipinski definition) is 3. The first-order chi connectivity index (χ1) is 9.61. The van der Waals surface area contributed by atoms with Gasteiger partial charge in [0, 0.05) is 11.3 Å². The Morgan fingerprint density at radius 2 is 1.75 bits per heavy atom. The first-order valence-corrected chi connectivity index (χ1v) is 5.96. The maximum absolute atomic E-state index is 13.6. The van der Waals surface area contributed by atoms with Crippen molar-refractivity contribution in [2.45, 2.75) is 0 Å². The Labute approximate surface area is 119 Å². The van der Waals surface area contributed by atoms with Gasteiger partial charge in [-0.2, -0.15) is 4.99 Å². The predicted molar refractivity (Wildman–Crippen MR) is 75.4 cm³/mol. The molecule has 0 aliphatic heterocycles. The fourth-order valence-corrected chi connectivity index (χ4v) is 1.67. The van der Waals surface area contributed by atoms with E-state index in [1.807, 2.05) is 5.16 Å². The number of para-hydroxylation sites is 1. The van der Waals surface area contributed by atoms with Crippen LogP contribution < -0.4 is 5.32 Å². The van der Waals surface area contributed by atoms with Crippen LogP contribution in [-0.2, 0) is 0 Å². The lowest BCUT2D eigenvalue weighted by molar-refractivity contribution is 0.102. The Morgan fingerprint density at radius 3 is 2.30 bits per heavy atom. The Balaban J connectivity index is 2.30. The number of nitrogens with one attached hydrogen (secondary N) is 1. The summed E-state index contributed by atoms with van der Waals surface area (Å²) in [4.78, 5) is 15.1. The maximum atomic E-state index is 13.6. The van der Waals surface area contributed by atoms with Gasteiger partial charge in [-0.15, -0.1) is 0 Å². The minimum atomic E-state index is -0.972. The normalized spacial score (nSPS) is 9.70. The van der Waals surface area contributed by atoms with Crippen molar-refractivity contribution in [2.75, 3.05) is 5.32 Å². The van der Waals surface area contributed by atoms with Crippen LogP contribution in [0.1, 0.15) is 10.4 Å². The molecule has 0 saturated heterocycles. The van der Waals surface area contributed by atoms with Crippen molar-refractivity contribution < 1.29 is 13.6 Å². The van der Waals surface area contributed by atoms with Crippen molar-refractivity contribution >= 4 is 34.7 Å². The van der Waals surface area contributed by atoms with E-state index in [-0.39, 0.29) is 5.56 Å². The van der Waals surface area contributed by atoms with Crippen LogP contribution in [0.25, 0.3) is 0 Å². The molecule has 2 rings (SSSR count). The Kier molecular flexibility index (Phi) is 4.30. The van der Waals surface area contributed by atoms with Gasteiger partial charge in [0.1, 0.15) is 5.69 Å². The second-order valence-electron chi connectivity index (χ2n) is 3.81. The van der Waals surface area contributed by atoms with Gasteiger partial charge in [-0.3, -0.25) is 4.79 Å². The number of benzene rings is 2. The van der Waals surface area contributed by atoms with Crippen LogP contribution in [-0.4, -0.2) is 11.1 Å². The van der Waals surface area contributed by atoms with Crippen molar-refractivity contribution in [3.63, 3.8) is 0 Å². The van der Waals surface area contributed by atoms with Gasteiger partial charge < -0.3 is 5.32 Å². The molecule has 0 saturated carbocycles. The molecule has 0 bridgehead atoms. The summed E-state index contributed by atoms with van der Waals surface area (Å²) in [6.07, 6.45) is 0. The number of anilines is 1. The molecule has 0 heterocycles. The van der Waals surface area contributed by atoms with Crippen LogP contribution in [0.4, 0.5) is 20.2 Å². The van der Waals surface area contributed by atoms with Crippen molar-refractivity contribution in [3.8, 4) is 0 Å². The molecule has 2 aromatic carbocycles. The van der Waals surface area contributed by atoms with Crippen LogP contribution in [0.5, 0.6) is 0 Å². The van der Waals surface area contributed by atoms with E-state index in [1.165, 1.54) is 0 Å². The van der Waals surface area contributed by atoms with E-state index in [0.717, 1.165) is 12.1 Å². The standard InChI is InChI=1S/C14H8F2N2OS/c15-11-6-9(7-12(16)13(11)17-8-20)14(19)18-10-4-2-1-3-5-10/h1-7H,(H,18,19). The molecule has 100 valence electrons. The highest BCUT2D eigenvalue weighted by atomic mass is 32.1. The quantitative estimate of drug-likeness (QED) is 0.687. The van der Waals surface area contributed by atoms with Crippen molar-refractivity contribution in [1.29, 1.82) is 0 Å². The number of carbonyl (C=O) groups excluding carboxylic acids is 1. The maximum Gasteiger partial charge on any atom is 0.255 e. The predicted octanol–water partition coefficient (Wildman–Crippen LogP) is 3.95. The smallest absolute Gasteiger partial charge is 0.255 e. The van der Waals surface area contributed by atoms with E-state index in [9.17, 15) is 13.6 Å². The number of amides is 1. The highest BCUT2D eigenvalue weighted by molar-refractivity contribution is 7.78. The Bertz CT molecular complexity index is 675. The summed E-state index contributed by atoms with van der Waals surface area (Å²) < 4.78 is 27.2. The first-order valence-electron chi connectivity index (χ1n) is 5.55. The van der Waals surface area contributed by atoms with Crippen molar-refractivity contribution in [3.05, 3.63) is 59.7 Å². The Hall–Kier alpha value is -2.43. The zero-order chi connectivity index (χ0) is 14.5. The molecule has 0 radical (unpaired) electrons. The number of isothiocyanates is 1. The number of carbonyl (C=O) groups is 1. The zero-order valence-corrected chi connectivity index (χ0v) is 10.9. The first kappa shape index (κ1) is 14.0. The molecule has 1 amide bonds. The van der Waals surface area contributed by atoms with Crippen LogP contribution in [0, 0.1) is 11.6 Å². The second kappa shape index (κ2) is 6.14. The van der Waals surface area contributed by atoms with Gasteiger partial charge in [0.05, 0.1) is 5.16 Å². The van der Waals surface area contributed by atoms with E-state index < -0.39 is 23.2 Å². The molecule has 6 heteroatoms. The third kappa shape index (κ3) is 3.12. The molecule has 3 nitrogen and oxygen atoms in total. The summed E-state index contributed by atoms with van der Waals surface area (Å²) in [5.74, 6) is -2.56. The highest BCUT2D eigenvalue weighted by Crippen LogP contribution is 2.23. The molecule has 0 aromatic heterocycles. The summed E-state index contributed by atoms with van der Waals surface area (Å²) >= 11 is 4.30. The number of aliphatic imine (C=N–C) groups is 1. The lowest BCUT2D eigenvalue weighted by Crippen LogP contribution is -2.12. The molecule has 0 aliphatic carbocycles. The molecule has 0 aliphatic rings. The van der Waals surface area contributed by atoms with Gasteiger partial charge >= 0.3 is 0 Å². The second-order valence-corrected chi connectivity index (χ2v) is 3.99. The Morgan fingerprint density at radius 1 is 1.15 bits per heavy atom. The number of nitrogens with zero attached hydrogens (tertiary/aromatic N) is 1. The lowest BCUT2D eigenvalue weighted by atomic mass is 10.1. The van der Waals surface area contributed by atoms with Crippen LogP contribution in [0.15, 0.2) is 47.5 Å². The molecule has 0 atom stereocenters. The fourth-order valence-electron chi connectivity index (χ4n) is 1.57. The topological polar surface area (TPSA) is 41.5 Å². The molecular formula is C14H8F2N2OS. The van der Waals surface area contributed by atoms with Gasteiger partial charge in [0.25, 0.3) is 5.91 Å². The van der Waals surface area contributed by atoms with Gasteiger partial charge in [-0.05, 0) is 36.5 Å². The van der Waals surface area contributed by atoms with Crippen molar-refractivity contribution in [2.24, 2.45) is 4.99 Å². The van der Waals surface area contributed by atoms with E-state index in [1.54, 1.807) is 30.3 Å². The summed E-state index contributed by atoms with van der Waals surface area (Å²) in [6, 6.07) is 10.4. The molecule has 2 aromatic rings. The third-order valence-electron chi connectivity index (χ3n) is 2.47. The van der Waals surface area contributed by atoms with Gasteiger partial charge in [-0.1, -0.05) is 18.2 Å². The van der Waals surface area contributed by atoms with Crippen LogP contribution in [0.3, 0.4) is 0 Å². The van der Waals surface area contributed by atoms with Gasteiger partial charge in [0.15, 0.2) is 11.6 Å². The molecule has 0 unspecified atom stereocenters. The summed E-state index contributed by atoms with van der Waals surface area (Å²) in [6.45, 7) is 0. The minimum Gasteiger partial charge on any atom is -0.322 e. The average molecular weight is 290 g/mol. The number of rotatable bonds is 3. The van der Waals surface area contributed by atoms with Gasteiger partial charge in [0.2, 0.25) is 0 Å². The number of hydrogen-bond donors (Lipinski definition) is 1. The molecule has 20 heavy (non-hydrogen) atoms. The summed E-state index contributed by atoms with van der Waals surface area (Å²) in [5.41, 5.74) is -0.178. The largest absolute Gasteiger partial charge is 0.322 e. The molecular weight excluding hydrogens is 282 g/mol. The highest BCUT2D eigenvalue weighted by Gasteiger charge is 2.14.